The minimum atomic E-state index is -0.467. The predicted molar refractivity (Wildman–Crippen MR) is 69.9 cm³/mol. The molecule has 2 N–H and O–H groups in total. The first kappa shape index (κ1) is 11.6. The van der Waals surface area contributed by atoms with E-state index in [0.717, 1.165) is 5.56 Å². The molecule has 1 aliphatic heterocycles. The zero-order chi connectivity index (χ0) is 13.6. The Bertz CT molecular complexity index is 650. The lowest BCUT2D eigenvalue weighted by molar-refractivity contribution is -0.125. The second kappa shape index (κ2) is 4.01. The van der Waals surface area contributed by atoms with E-state index in [4.69, 9.17) is 15.0 Å². The number of hydrogen-bond acceptors (Lipinski definition) is 5. The lowest BCUT2D eigenvalue weighted by Gasteiger charge is -2.30. The maximum absolute atomic E-state index is 11.9. The number of likely N-dealkylation sites (N-methyl/N-ethyl adjacent to an activating group) is 1. The van der Waals surface area contributed by atoms with Gasteiger partial charge in [-0.1, -0.05) is 5.16 Å². The minimum Gasteiger partial charge on any atom is -0.479 e. The maximum atomic E-state index is 11.9. The fourth-order valence-electron chi connectivity index (χ4n) is 2.10. The van der Waals surface area contributed by atoms with E-state index < -0.39 is 6.10 Å². The largest absolute Gasteiger partial charge is 0.479 e. The number of nitrogens with two attached hydrogens (primary N) is 1. The van der Waals surface area contributed by atoms with Gasteiger partial charge < -0.3 is 19.9 Å². The molecule has 1 unspecified atom stereocenters. The molecule has 1 aromatic heterocycles. The van der Waals surface area contributed by atoms with E-state index in [0.29, 0.717) is 17.1 Å². The van der Waals surface area contributed by atoms with Gasteiger partial charge in [-0.25, -0.2) is 0 Å². The molecule has 0 spiro atoms. The number of amides is 1. The molecule has 19 heavy (non-hydrogen) atoms. The van der Waals surface area contributed by atoms with Crippen LogP contribution >= 0.6 is 0 Å². The molecule has 2 heterocycles. The number of benzene rings is 1. The van der Waals surface area contributed by atoms with Crippen molar-refractivity contribution >= 4 is 17.5 Å². The Morgan fingerprint density at radius 1 is 1.37 bits per heavy atom. The van der Waals surface area contributed by atoms with Gasteiger partial charge >= 0.3 is 0 Å². The van der Waals surface area contributed by atoms with Gasteiger partial charge in [0.15, 0.2) is 6.10 Å². The van der Waals surface area contributed by atoms with Crippen LogP contribution in [0.5, 0.6) is 5.75 Å². The summed E-state index contributed by atoms with van der Waals surface area (Å²) in [6, 6.07) is 7.13. The summed E-state index contributed by atoms with van der Waals surface area (Å²) in [5.74, 6) is 0.848. The summed E-state index contributed by atoms with van der Waals surface area (Å²) in [4.78, 5) is 13.5. The highest BCUT2D eigenvalue weighted by Crippen LogP contribution is 2.36. The van der Waals surface area contributed by atoms with Crippen LogP contribution in [0.1, 0.15) is 6.92 Å². The van der Waals surface area contributed by atoms with Crippen molar-refractivity contribution in [3.8, 4) is 17.0 Å². The van der Waals surface area contributed by atoms with Crippen molar-refractivity contribution in [2.75, 3.05) is 17.7 Å². The number of carbonyl (C=O) groups excluding carboxylic acids is 1. The van der Waals surface area contributed by atoms with Crippen molar-refractivity contribution in [1.29, 1.82) is 0 Å². The van der Waals surface area contributed by atoms with Crippen LogP contribution in [0.25, 0.3) is 11.3 Å². The van der Waals surface area contributed by atoms with E-state index in [-0.39, 0.29) is 11.8 Å². The Morgan fingerprint density at radius 3 is 2.84 bits per heavy atom. The van der Waals surface area contributed by atoms with E-state index in [2.05, 4.69) is 5.16 Å². The zero-order valence-corrected chi connectivity index (χ0v) is 10.6. The monoisotopic (exact) mass is 259 g/mol. The number of hydrogen-bond donors (Lipinski definition) is 1. The van der Waals surface area contributed by atoms with Gasteiger partial charge in [0, 0.05) is 18.7 Å². The molecule has 0 radical (unpaired) electrons. The topological polar surface area (TPSA) is 81.6 Å². The van der Waals surface area contributed by atoms with Crippen LogP contribution in [0.4, 0.5) is 11.6 Å². The molecule has 3 rings (SSSR count). The van der Waals surface area contributed by atoms with Crippen molar-refractivity contribution in [3.05, 3.63) is 24.3 Å². The number of nitrogen functional groups attached to an aromatic ring is 1. The normalized spacial score (nSPS) is 18.1. The summed E-state index contributed by atoms with van der Waals surface area (Å²) >= 11 is 0. The number of fused-ring (bicyclic) bond motifs is 1. The van der Waals surface area contributed by atoms with E-state index in [1.54, 1.807) is 24.9 Å². The molecule has 2 aromatic rings. The van der Waals surface area contributed by atoms with Gasteiger partial charge in [-0.15, -0.1) is 0 Å². The number of aromatic nitrogens is 1. The zero-order valence-electron chi connectivity index (χ0n) is 10.6. The fraction of sp³-hybridized carbons (Fsp3) is 0.231. The van der Waals surface area contributed by atoms with Gasteiger partial charge in [0.1, 0.15) is 11.4 Å². The average molecular weight is 259 g/mol. The number of rotatable bonds is 1. The van der Waals surface area contributed by atoms with Gasteiger partial charge in [-0.3, -0.25) is 4.79 Å². The predicted octanol–water partition coefficient (Wildman–Crippen LogP) is 1.67. The first-order valence-corrected chi connectivity index (χ1v) is 5.87. The van der Waals surface area contributed by atoms with Crippen molar-refractivity contribution in [2.24, 2.45) is 0 Å². The third-order valence-electron chi connectivity index (χ3n) is 3.13. The van der Waals surface area contributed by atoms with Crippen molar-refractivity contribution in [2.45, 2.75) is 13.0 Å². The van der Waals surface area contributed by atoms with Gasteiger partial charge in [0.25, 0.3) is 5.91 Å². The molecule has 1 aromatic carbocycles. The van der Waals surface area contributed by atoms with Crippen LogP contribution in [-0.4, -0.2) is 24.2 Å². The van der Waals surface area contributed by atoms with E-state index in [1.165, 1.54) is 0 Å². The van der Waals surface area contributed by atoms with Crippen LogP contribution in [0.3, 0.4) is 0 Å². The fourth-order valence-corrected chi connectivity index (χ4v) is 2.10. The molecule has 6 nitrogen and oxygen atoms in total. The van der Waals surface area contributed by atoms with Crippen LogP contribution in [0.15, 0.2) is 28.8 Å². The lowest BCUT2D eigenvalue weighted by atomic mass is 10.1. The lowest BCUT2D eigenvalue weighted by Crippen LogP contribution is -2.41. The Labute approximate surface area is 109 Å². The van der Waals surface area contributed by atoms with Crippen LogP contribution < -0.4 is 15.4 Å². The number of anilines is 2. The molecule has 0 aliphatic carbocycles. The van der Waals surface area contributed by atoms with Gasteiger partial charge in [0.05, 0.1) is 5.69 Å². The summed E-state index contributed by atoms with van der Waals surface area (Å²) in [7, 11) is 1.72. The second-order valence-corrected chi connectivity index (χ2v) is 4.45. The molecule has 6 heteroatoms. The average Bonchev–Trinajstić information content (AvgIpc) is 2.83. The van der Waals surface area contributed by atoms with Crippen molar-refractivity contribution in [1.82, 2.24) is 5.16 Å². The summed E-state index contributed by atoms with van der Waals surface area (Å²) in [5, 5.41) is 3.85. The van der Waals surface area contributed by atoms with Crippen LogP contribution in [0.2, 0.25) is 0 Å². The highest BCUT2D eigenvalue weighted by atomic mass is 16.5. The molecule has 1 aliphatic rings. The SMILES string of the molecule is CC1Oc2ccc(-c3cc(N)on3)cc2N(C)C1=O. The number of nitrogens with zero attached hydrogens (tertiary/aromatic N) is 2. The molecular weight excluding hydrogens is 246 g/mol. The summed E-state index contributed by atoms with van der Waals surface area (Å²) in [6.45, 7) is 1.73. The summed E-state index contributed by atoms with van der Waals surface area (Å²) in [6.07, 6.45) is -0.467. The third-order valence-corrected chi connectivity index (χ3v) is 3.13. The minimum absolute atomic E-state index is 0.0793. The molecular formula is C13H13N3O3. The molecule has 1 atom stereocenters. The molecule has 0 saturated heterocycles. The van der Waals surface area contributed by atoms with E-state index >= 15 is 0 Å². The van der Waals surface area contributed by atoms with Crippen molar-refractivity contribution in [3.63, 3.8) is 0 Å². The Morgan fingerprint density at radius 2 is 2.16 bits per heavy atom. The Balaban J connectivity index is 2.07. The highest BCUT2D eigenvalue weighted by Gasteiger charge is 2.29. The molecule has 1 amide bonds. The summed E-state index contributed by atoms with van der Waals surface area (Å²) in [5.41, 5.74) is 7.65. The molecule has 0 saturated carbocycles. The standard InChI is InChI=1S/C13H13N3O3/c1-7-13(17)16(2)10-5-8(3-4-11(10)18-7)9-6-12(14)19-15-9/h3-7H,14H2,1-2H3. The molecule has 0 bridgehead atoms. The quantitative estimate of drug-likeness (QED) is 0.842. The maximum Gasteiger partial charge on any atom is 0.267 e. The van der Waals surface area contributed by atoms with Crippen LogP contribution in [0, 0.1) is 0 Å². The van der Waals surface area contributed by atoms with Crippen molar-refractivity contribution < 1.29 is 14.1 Å². The number of ether oxygens (including phenoxy) is 1. The molecule has 0 fully saturated rings. The van der Waals surface area contributed by atoms with E-state index in [9.17, 15) is 4.79 Å². The summed E-state index contributed by atoms with van der Waals surface area (Å²) < 4.78 is 10.4. The Kier molecular flexibility index (Phi) is 2.45. The van der Waals surface area contributed by atoms with Gasteiger partial charge in [0.2, 0.25) is 5.88 Å². The van der Waals surface area contributed by atoms with E-state index in [1.807, 2.05) is 18.2 Å². The Hall–Kier alpha value is -2.50. The smallest absolute Gasteiger partial charge is 0.267 e. The second-order valence-electron chi connectivity index (χ2n) is 4.45. The first-order chi connectivity index (χ1) is 9.06. The third kappa shape index (κ3) is 1.81. The van der Waals surface area contributed by atoms with Gasteiger partial charge in [-0.2, -0.15) is 0 Å². The van der Waals surface area contributed by atoms with Crippen LogP contribution in [-0.2, 0) is 4.79 Å². The first-order valence-electron chi connectivity index (χ1n) is 5.87. The number of carbonyl (C=O) groups is 1. The van der Waals surface area contributed by atoms with Gasteiger partial charge in [-0.05, 0) is 25.1 Å². The highest BCUT2D eigenvalue weighted by molar-refractivity contribution is 6.00. The molecule has 98 valence electrons.